The fourth-order valence-electron chi connectivity index (χ4n) is 2.55. The van der Waals surface area contributed by atoms with Crippen LogP contribution in [0.25, 0.3) is 11.3 Å². The van der Waals surface area contributed by atoms with Crippen molar-refractivity contribution in [3.63, 3.8) is 0 Å². The summed E-state index contributed by atoms with van der Waals surface area (Å²) in [6, 6.07) is 12.6. The fraction of sp³-hybridized carbons (Fsp3) is 0.200. The SMILES string of the molecule is Cc1ccc(S(=O)(=O)CCCC(=O)Nc2nc(-c3ccc(F)cc3)cs2)cc1. The van der Waals surface area contributed by atoms with Crippen LogP contribution in [0, 0.1) is 12.7 Å². The summed E-state index contributed by atoms with van der Waals surface area (Å²) >= 11 is 1.26. The predicted octanol–water partition coefficient (Wildman–Crippen LogP) is 4.45. The standard InChI is InChI=1S/C20H19FN2O3S2/c1-14-4-10-17(11-5-14)28(25,26)12-2-3-19(24)23-20-22-18(13-27-20)15-6-8-16(21)9-7-15/h4-11,13H,2-3,12H2,1H3,(H,22,23,24). The van der Waals surface area contributed by atoms with E-state index in [9.17, 15) is 17.6 Å². The molecule has 0 spiro atoms. The lowest BCUT2D eigenvalue weighted by Crippen LogP contribution is -2.14. The molecule has 146 valence electrons. The summed E-state index contributed by atoms with van der Waals surface area (Å²) in [5, 5.41) is 4.87. The molecule has 0 unspecified atom stereocenters. The summed E-state index contributed by atoms with van der Waals surface area (Å²) in [5.41, 5.74) is 2.38. The largest absolute Gasteiger partial charge is 0.302 e. The number of nitrogens with zero attached hydrogens (tertiary/aromatic N) is 1. The minimum absolute atomic E-state index is 0.0799. The Morgan fingerprint density at radius 3 is 2.46 bits per heavy atom. The van der Waals surface area contributed by atoms with Crippen molar-refractivity contribution in [2.24, 2.45) is 0 Å². The van der Waals surface area contributed by atoms with Gasteiger partial charge in [0.15, 0.2) is 15.0 Å². The van der Waals surface area contributed by atoms with Crippen LogP contribution in [0.1, 0.15) is 18.4 Å². The van der Waals surface area contributed by atoms with Gasteiger partial charge >= 0.3 is 0 Å². The van der Waals surface area contributed by atoms with Gasteiger partial charge in [-0.2, -0.15) is 0 Å². The van der Waals surface area contributed by atoms with Crippen LogP contribution in [-0.4, -0.2) is 25.1 Å². The first kappa shape index (κ1) is 20.2. The quantitative estimate of drug-likeness (QED) is 0.615. The second-order valence-corrected chi connectivity index (χ2v) is 9.30. The summed E-state index contributed by atoms with van der Waals surface area (Å²) in [6.07, 6.45) is 0.300. The highest BCUT2D eigenvalue weighted by atomic mass is 32.2. The van der Waals surface area contributed by atoms with Gasteiger partial charge in [-0.15, -0.1) is 11.3 Å². The highest BCUT2D eigenvalue weighted by Crippen LogP contribution is 2.25. The summed E-state index contributed by atoms with van der Waals surface area (Å²) in [6.45, 7) is 1.89. The van der Waals surface area contributed by atoms with Gasteiger partial charge in [0, 0.05) is 17.4 Å². The number of amides is 1. The molecule has 0 atom stereocenters. The third-order valence-electron chi connectivity index (χ3n) is 4.09. The Hall–Kier alpha value is -2.58. The number of benzene rings is 2. The molecule has 1 N–H and O–H groups in total. The van der Waals surface area contributed by atoms with Crippen LogP contribution in [0.15, 0.2) is 58.8 Å². The first-order valence-corrected chi connectivity index (χ1v) is 11.2. The predicted molar refractivity (Wildman–Crippen MR) is 109 cm³/mol. The van der Waals surface area contributed by atoms with Crippen LogP contribution < -0.4 is 5.32 Å². The van der Waals surface area contributed by atoms with Crippen molar-refractivity contribution in [3.8, 4) is 11.3 Å². The van der Waals surface area contributed by atoms with Crippen molar-refractivity contribution in [2.75, 3.05) is 11.1 Å². The van der Waals surface area contributed by atoms with Gasteiger partial charge in [-0.25, -0.2) is 17.8 Å². The lowest BCUT2D eigenvalue weighted by molar-refractivity contribution is -0.116. The van der Waals surface area contributed by atoms with E-state index in [1.54, 1.807) is 41.8 Å². The molecule has 3 rings (SSSR count). The van der Waals surface area contributed by atoms with Crippen LogP contribution in [0.4, 0.5) is 9.52 Å². The molecule has 0 saturated heterocycles. The summed E-state index contributed by atoms with van der Waals surface area (Å²) in [5.74, 6) is -0.713. The Kier molecular flexibility index (Phi) is 6.21. The van der Waals surface area contributed by atoms with Crippen LogP contribution in [0.3, 0.4) is 0 Å². The molecule has 0 radical (unpaired) electrons. The summed E-state index contributed by atoms with van der Waals surface area (Å²) < 4.78 is 37.6. The van der Waals surface area contributed by atoms with E-state index in [1.807, 2.05) is 6.92 Å². The number of carbonyl (C=O) groups is 1. The highest BCUT2D eigenvalue weighted by Gasteiger charge is 2.15. The Morgan fingerprint density at radius 2 is 1.79 bits per heavy atom. The third-order valence-corrected chi connectivity index (χ3v) is 6.66. The molecule has 28 heavy (non-hydrogen) atoms. The number of rotatable bonds is 7. The Morgan fingerprint density at radius 1 is 1.11 bits per heavy atom. The molecule has 3 aromatic rings. The molecule has 0 aliphatic heterocycles. The minimum Gasteiger partial charge on any atom is -0.302 e. The zero-order valence-corrected chi connectivity index (χ0v) is 16.8. The van der Waals surface area contributed by atoms with Gasteiger partial charge in [-0.1, -0.05) is 17.7 Å². The van der Waals surface area contributed by atoms with E-state index in [1.165, 1.54) is 23.5 Å². The average Bonchev–Trinajstić information content (AvgIpc) is 3.11. The second-order valence-electron chi connectivity index (χ2n) is 6.33. The molecular weight excluding hydrogens is 399 g/mol. The smallest absolute Gasteiger partial charge is 0.226 e. The normalized spacial score (nSPS) is 11.4. The van der Waals surface area contributed by atoms with Gasteiger partial charge in [0.05, 0.1) is 16.3 Å². The first-order valence-electron chi connectivity index (χ1n) is 8.64. The lowest BCUT2D eigenvalue weighted by atomic mass is 10.2. The topological polar surface area (TPSA) is 76.1 Å². The van der Waals surface area contributed by atoms with Crippen LogP contribution in [0.2, 0.25) is 0 Å². The van der Waals surface area contributed by atoms with Crippen LogP contribution in [0.5, 0.6) is 0 Å². The van der Waals surface area contributed by atoms with Crippen LogP contribution >= 0.6 is 11.3 Å². The maximum atomic E-state index is 13.0. The first-order chi connectivity index (χ1) is 13.3. The van der Waals surface area contributed by atoms with Crippen molar-refractivity contribution < 1.29 is 17.6 Å². The molecule has 0 aliphatic carbocycles. The second kappa shape index (κ2) is 8.62. The molecule has 0 aliphatic rings. The van der Waals surface area contributed by atoms with Crippen molar-refractivity contribution in [1.82, 2.24) is 4.98 Å². The van der Waals surface area contributed by atoms with Crippen LogP contribution in [-0.2, 0) is 14.6 Å². The lowest BCUT2D eigenvalue weighted by Gasteiger charge is -2.05. The zero-order valence-electron chi connectivity index (χ0n) is 15.2. The van der Waals surface area contributed by atoms with E-state index >= 15 is 0 Å². The minimum atomic E-state index is -3.40. The number of hydrogen-bond acceptors (Lipinski definition) is 5. The van der Waals surface area contributed by atoms with Crippen molar-refractivity contribution in [1.29, 1.82) is 0 Å². The molecule has 5 nitrogen and oxygen atoms in total. The summed E-state index contributed by atoms with van der Waals surface area (Å²) in [7, 11) is -3.40. The van der Waals surface area contributed by atoms with E-state index in [-0.39, 0.29) is 35.2 Å². The van der Waals surface area contributed by atoms with Gasteiger partial charge in [-0.05, 0) is 49.7 Å². The molecule has 1 aromatic heterocycles. The van der Waals surface area contributed by atoms with Gasteiger partial charge in [0.2, 0.25) is 5.91 Å². The molecule has 1 heterocycles. The number of hydrogen-bond donors (Lipinski definition) is 1. The zero-order chi connectivity index (χ0) is 20.1. The number of anilines is 1. The number of thiazole rings is 1. The molecule has 0 saturated carbocycles. The van der Waals surface area contributed by atoms with Gasteiger partial charge < -0.3 is 5.32 Å². The van der Waals surface area contributed by atoms with Crippen molar-refractivity contribution in [3.05, 3.63) is 65.3 Å². The van der Waals surface area contributed by atoms with E-state index in [4.69, 9.17) is 0 Å². The van der Waals surface area contributed by atoms with E-state index in [0.717, 1.165) is 11.1 Å². The monoisotopic (exact) mass is 418 g/mol. The third kappa shape index (κ3) is 5.24. The molecule has 8 heteroatoms. The van der Waals surface area contributed by atoms with Gasteiger partial charge in [0.25, 0.3) is 0 Å². The number of nitrogens with one attached hydrogen (secondary N) is 1. The Balaban J connectivity index is 1.52. The van der Waals surface area contributed by atoms with Crippen molar-refractivity contribution in [2.45, 2.75) is 24.7 Å². The van der Waals surface area contributed by atoms with E-state index < -0.39 is 9.84 Å². The highest BCUT2D eigenvalue weighted by molar-refractivity contribution is 7.91. The maximum Gasteiger partial charge on any atom is 0.226 e. The maximum absolute atomic E-state index is 13.0. The molecule has 0 fully saturated rings. The van der Waals surface area contributed by atoms with E-state index in [2.05, 4.69) is 10.3 Å². The number of halogens is 1. The van der Waals surface area contributed by atoms with E-state index in [0.29, 0.717) is 10.8 Å². The van der Waals surface area contributed by atoms with Gasteiger partial charge in [0.1, 0.15) is 5.82 Å². The molecule has 0 bridgehead atoms. The Bertz CT molecular complexity index is 1060. The van der Waals surface area contributed by atoms with Gasteiger partial charge in [-0.3, -0.25) is 4.79 Å². The average molecular weight is 419 g/mol. The number of aryl methyl sites for hydroxylation is 1. The molecule has 2 aromatic carbocycles. The number of sulfone groups is 1. The fourth-order valence-corrected chi connectivity index (χ4v) is 4.60. The molecule has 1 amide bonds. The summed E-state index contributed by atoms with van der Waals surface area (Å²) in [4.78, 5) is 16.7. The number of carbonyl (C=O) groups excluding carboxylic acids is 1. The molecular formula is C20H19FN2O3S2. The number of aromatic nitrogens is 1. The van der Waals surface area contributed by atoms with Crippen molar-refractivity contribution >= 4 is 32.2 Å². The Labute approximate surface area is 167 Å².